The van der Waals surface area contributed by atoms with Gasteiger partial charge in [-0.2, -0.15) is 4.98 Å². The lowest BCUT2D eigenvalue weighted by atomic mass is 10.0. The van der Waals surface area contributed by atoms with Crippen LogP contribution < -0.4 is 15.5 Å². The van der Waals surface area contributed by atoms with E-state index in [4.69, 9.17) is 16.7 Å². The molecule has 0 bridgehead atoms. The number of hydrogen-bond donors (Lipinski definition) is 3. The fraction of sp³-hybridized carbons (Fsp3) is 0.125. The third kappa shape index (κ3) is 4.06. The average Bonchev–Trinajstić information content (AvgIpc) is 3.20. The second kappa shape index (κ2) is 8.56. The summed E-state index contributed by atoms with van der Waals surface area (Å²) in [7, 11) is 0. The number of nitrogens with zero attached hydrogens (tertiary/aromatic N) is 2. The number of carbonyl (C=O) groups is 3. The first kappa shape index (κ1) is 21.5. The van der Waals surface area contributed by atoms with E-state index < -0.39 is 5.91 Å². The van der Waals surface area contributed by atoms with Crippen LogP contribution in [0.2, 0.25) is 0 Å². The first-order chi connectivity index (χ1) is 16.4. The van der Waals surface area contributed by atoms with Gasteiger partial charge in [0.05, 0.1) is 11.4 Å². The minimum Gasteiger partial charge on any atom is -0.352 e. The number of benzene rings is 3. The highest BCUT2D eigenvalue weighted by atomic mass is 32.1. The summed E-state index contributed by atoms with van der Waals surface area (Å²) < 4.78 is 5.03. The maximum absolute atomic E-state index is 13.2. The molecule has 3 amide bonds. The van der Waals surface area contributed by atoms with Crippen LogP contribution in [-0.4, -0.2) is 27.9 Å². The van der Waals surface area contributed by atoms with Crippen LogP contribution in [0, 0.1) is 4.84 Å². The fourth-order valence-corrected chi connectivity index (χ4v) is 4.10. The lowest BCUT2D eigenvalue weighted by Gasteiger charge is -2.24. The molecule has 34 heavy (non-hydrogen) atoms. The Morgan fingerprint density at radius 2 is 2.00 bits per heavy atom. The molecule has 0 atom stereocenters. The number of rotatable bonds is 4. The van der Waals surface area contributed by atoms with E-state index in [2.05, 4.69) is 20.8 Å². The molecule has 2 heterocycles. The van der Waals surface area contributed by atoms with E-state index in [1.54, 1.807) is 18.2 Å². The van der Waals surface area contributed by atoms with Crippen molar-refractivity contribution < 1.29 is 18.9 Å². The number of amides is 3. The lowest BCUT2D eigenvalue weighted by Crippen LogP contribution is -2.26. The van der Waals surface area contributed by atoms with Gasteiger partial charge in [-0.1, -0.05) is 30.3 Å². The molecular formula is C24H19N5O4S. The lowest BCUT2D eigenvalue weighted by molar-refractivity contribution is -0.124. The van der Waals surface area contributed by atoms with Gasteiger partial charge in [0.2, 0.25) is 17.7 Å². The number of nitrogens with one attached hydrogen (secondary N) is 3. The van der Waals surface area contributed by atoms with Crippen molar-refractivity contribution in [3.05, 3.63) is 65.0 Å². The Morgan fingerprint density at radius 1 is 1.18 bits per heavy atom. The summed E-state index contributed by atoms with van der Waals surface area (Å²) in [6, 6.07) is 16.6. The molecule has 3 N–H and O–H groups in total. The van der Waals surface area contributed by atoms with E-state index in [1.807, 2.05) is 36.4 Å². The Bertz CT molecular complexity index is 1520. The second-order valence-corrected chi connectivity index (χ2v) is 8.21. The van der Waals surface area contributed by atoms with Gasteiger partial charge in [0.25, 0.3) is 0 Å². The summed E-state index contributed by atoms with van der Waals surface area (Å²) in [6.07, 6.45) is -0.307. The maximum Gasteiger partial charge on any atom is 0.314 e. The molecule has 9 nitrogen and oxygen atoms in total. The molecule has 10 heteroatoms. The first-order valence-corrected chi connectivity index (χ1v) is 10.9. The Labute approximate surface area is 198 Å². The summed E-state index contributed by atoms with van der Waals surface area (Å²) in [4.78, 5) is 42.9. The number of H-pyrrole nitrogens is 1. The molecule has 3 aromatic carbocycles. The van der Waals surface area contributed by atoms with Crippen molar-refractivity contribution in [1.29, 1.82) is 0 Å². The van der Waals surface area contributed by atoms with Gasteiger partial charge in [-0.25, -0.2) is 5.16 Å². The van der Waals surface area contributed by atoms with Gasteiger partial charge < -0.3 is 15.2 Å². The number of anilines is 3. The van der Waals surface area contributed by atoms with Crippen molar-refractivity contribution in [3.63, 3.8) is 0 Å². The zero-order valence-electron chi connectivity index (χ0n) is 18.0. The maximum atomic E-state index is 13.2. The summed E-state index contributed by atoms with van der Waals surface area (Å²) in [5.41, 5.74) is 3.19. The highest BCUT2D eigenvalue weighted by molar-refractivity contribution is 7.71. The average molecular weight is 474 g/mol. The standard InChI is InChI=1S/C24H19N5O4S/c1-13(30)25-12-14-5-6-15-7-8-19-22(18(15)9-14)26-20(31)11-21(32)29(19)17-4-2-3-16(10-17)23-27-24(34)33-28-23/h2-10H,11-12H2,1H3,(H,25,30)(H,26,31)(H,27,28,34). The normalized spacial score (nSPS) is 13.4. The quantitative estimate of drug-likeness (QED) is 0.302. The molecule has 0 aliphatic carbocycles. The summed E-state index contributed by atoms with van der Waals surface area (Å²) in [6.45, 7) is 1.81. The van der Waals surface area contributed by atoms with Gasteiger partial charge in [0.15, 0.2) is 5.82 Å². The number of carbonyl (C=O) groups excluding carboxylic acids is 3. The van der Waals surface area contributed by atoms with Crippen LogP contribution >= 0.6 is 12.2 Å². The molecule has 0 unspecified atom stereocenters. The fourth-order valence-electron chi connectivity index (χ4n) is 3.97. The molecule has 1 aliphatic rings. The van der Waals surface area contributed by atoms with E-state index in [9.17, 15) is 14.4 Å². The summed E-state index contributed by atoms with van der Waals surface area (Å²) in [5, 5.41) is 10.0. The van der Waals surface area contributed by atoms with Gasteiger partial charge in [-0.3, -0.25) is 19.3 Å². The van der Waals surface area contributed by atoms with Crippen molar-refractivity contribution in [2.24, 2.45) is 0 Å². The van der Waals surface area contributed by atoms with E-state index in [0.29, 0.717) is 35.0 Å². The number of hydrogen-bond acceptors (Lipinski definition) is 6. The molecule has 0 fully saturated rings. The minimum absolute atomic E-state index is 0.0768. The van der Waals surface area contributed by atoms with E-state index in [-0.39, 0.29) is 23.1 Å². The van der Waals surface area contributed by atoms with Crippen molar-refractivity contribution in [2.75, 3.05) is 10.2 Å². The van der Waals surface area contributed by atoms with Crippen LogP contribution in [0.5, 0.6) is 0 Å². The van der Waals surface area contributed by atoms with Crippen LogP contribution in [-0.2, 0) is 20.9 Å². The van der Waals surface area contributed by atoms with Crippen molar-refractivity contribution in [1.82, 2.24) is 15.5 Å². The Kier molecular flexibility index (Phi) is 5.42. The molecule has 0 spiro atoms. The molecule has 0 saturated heterocycles. The predicted octanol–water partition coefficient (Wildman–Crippen LogP) is 4.20. The molecule has 1 aliphatic heterocycles. The number of aromatic amines is 1. The van der Waals surface area contributed by atoms with Crippen molar-refractivity contribution >= 4 is 57.8 Å². The predicted molar refractivity (Wildman–Crippen MR) is 129 cm³/mol. The second-order valence-electron chi connectivity index (χ2n) is 7.86. The molecule has 4 aromatic rings. The van der Waals surface area contributed by atoms with E-state index in [1.165, 1.54) is 11.8 Å². The van der Waals surface area contributed by atoms with E-state index in [0.717, 1.165) is 16.3 Å². The highest BCUT2D eigenvalue weighted by Gasteiger charge is 2.29. The smallest absolute Gasteiger partial charge is 0.314 e. The Balaban J connectivity index is 1.65. The molecular weight excluding hydrogens is 454 g/mol. The van der Waals surface area contributed by atoms with Crippen LogP contribution in [0.25, 0.3) is 22.2 Å². The van der Waals surface area contributed by atoms with Gasteiger partial charge in [0.1, 0.15) is 6.42 Å². The Hall–Kier alpha value is -4.31. The summed E-state index contributed by atoms with van der Waals surface area (Å²) >= 11 is 4.94. The first-order valence-electron chi connectivity index (χ1n) is 10.5. The SMILES string of the molecule is CC(=O)NCc1ccc2ccc3c(c2c1)NC(=O)CC(=O)N3c1cccc(-c2nc(=S)o[nH]2)c1. The molecule has 170 valence electrons. The van der Waals surface area contributed by atoms with Gasteiger partial charge in [-0.15, -0.1) is 0 Å². The third-order valence-electron chi connectivity index (χ3n) is 5.49. The molecule has 1 aromatic heterocycles. The van der Waals surface area contributed by atoms with E-state index >= 15 is 0 Å². The molecule has 0 saturated carbocycles. The van der Waals surface area contributed by atoms with Crippen molar-refractivity contribution in [2.45, 2.75) is 19.9 Å². The minimum atomic E-state index is -0.398. The Morgan fingerprint density at radius 3 is 2.76 bits per heavy atom. The number of fused-ring (bicyclic) bond motifs is 3. The molecule has 0 radical (unpaired) electrons. The van der Waals surface area contributed by atoms with Gasteiger partial charge in [-0.05, 0) is 47.4 Å². The molecule has 5 rings (SSSR count). The van der Waals surface area contributed by atoms with Gasteiger partial charge in [0, 0.05) is 30.1 Å². The summed E-state index contributed by atoms with van der Waals surface area (Å²) in [5.74, 6) is -0.463. The van der Waals surface area contributed by atoms with Crippen LogP contribution in [0.3, 0.4) is 0 Å². The van der Waals surface area contributed by atoms with Gasteiger partial charge >= 0.3 is 4.84 Å². The largest absolute Gasteiger partial charge is 0.352 e. The monoisotopic (exact) mass is 473 g/mol. The zero-order valence-corrected chi connectivity index (χ0v) is 18.9. The highest BCUT2D eigenvalue weighted by Crippen LogP contribution is 2.41. The van der Waals surface area contributed by atoms with Crippen molar-refractivity contribution in [3.8, 4) is 11.4 Å². The third-order valence-corrected chi connectivity index (χ3v) is 5.66. The topological polar surface area (TPSA) is 120 Å². The van der Waals surface area contributed by atoms with Crippen LogP contribution in [0.15, 0.2) is 59.1 Å². The van der Waals surface area contributed by atoms with Crippen LogP contribution in [0.4, 0.5) is 17.1 Å². The van der Waals surface area contributed by atoms with Crippen LogP contribution in [0.1, 0.15) is 18.9 Å². The zero-order chi connectivity index (χ0) is 23.8. The number of aromatic nitrogens is 2.